The van der Waals surface area contributed by atoms with Crippen LogP contribution in [-0.2, 0) is 0 Å². The first-order valence-corrected chi connectivity index (χ1v) is 6.78. The summed E-state index contributed by atoms with van der Waals surface area (Å²) < 4.78 is 0. The fraction of sp³-hybridized carbons (Fsp3) is 0.438. The Hall–Kier alpha value is -1.61. The fourth-order valence-corrected chi connectivity index (χ4v) is 2.45. The van der Waals surface area contributed by atoms with E-state index in [0.717, 1.165) is 11.5 Å². The van der Waals surface area contributed by atoms with Crippen LogP contribution in [0.5, 0.6) is 0 Å². The molecule has 3 N–H and O–H groups in total. The number of rotatable bonds is 3. The van der Waals surface area contributed by atoms with Crippen molar-refractivity contribution in [1.29, 1.82) is 0 Å². The normalized spacial score (nSPS) is 12.7. The second-order valence-corrected chi connectivity index (χ2v) is 5.45. The Bertz CT molecular complexity index is 570. The SMILES string of the molecule is Cc1cc(C)c(C)c(-c2cnc(C(C)CN)[nH]2)c1C. The van der Waals surface area contributed by atoms with E-state index >= 15 is 0 Å². The van der Waals surface area contributed by atoms with E-state index in [0.29, 0.717) is 6.54 Å². The van der Waals surface area contributed by atoms with Crippen molar-refractivity contribution in [2.45, 2.75) is 40.5 Å². The van der Waals surface area contributed by atoms with Crippen LogP contribution in [0.4, 0.5) is 0 Å². The zero-order valence-corrected chi connectivity index (χ0v) is 12.5. The number of hydrogen-bond donors (Lipinski definition) is 2. The number of benzene rings is 1. The summed E-state index contributed by atoms with van der Waals surface area (Å²) in [6, 6.07) is 2.24. The van der Waals surface area contributed by atoms with Gasteiger partial charge in [-0.15, -0.1) is 0 Å². The smallest absolute Gasteiger partial charge is 0.110 e. The monoisotopic (exact) mass is 257 g/mol. The molecule has 0 radical (unpaired) electrons. The molecule has 0 spiro atoms. The molecule has 0 aliphatic heterocycles. The lowest BCUT2D eigenvalue weighted by Crippen LogP contribution is -2.10. The van der Waals surface area contributed by atoms with Gasteiger partial charge in [-0.3, -0.25) is 0 Å². The topological polar surface area (TPSA) is 54.7 Å². The van der Waals surface area contributed by atoms with E-state index in [1.807, 2.05) is 6.20 Å². The van der Waals surface area contributed by atoms with E-state index in [-0.39, 0.29) is 5.92 Å². The summed E-state index contributed by atoms with van der Waals surface area (Å²) in [4.78, 5) is 7.89. The van der Waals surface area contributed by atoms with E-state index in [4.69, 9.17) is 5.73 Å². The van der Waals surface area contributed by atoms with E-state index < -0.39 is 0 Å². The Morgan fingerprint density at radius 1 is 1.16 bits per heavy atom. The Labute approximate surface area is 115 Å². The quantitative estimate of drug-likeness (QED) is 0.885. The minimum Gasteiger partial charge on any atom is -0.342 e. The molecule has 0 aliphatic carbocycles. The number of aromatic nitrogens is 2. The first-order valence-electron chi connectivity index (χ1n) is 6.78. The van der Waals surface area contributed by atoms with Crippen molar-refractivity contribution in [2.75, 3.05) is 6.54 Å². The molecule has 0 saturated heterocycles. The number of nitrogens with one attached hydrogen (secondary N) is 1. The lowest BCUT2D eigenvalue weighted by molar-refractivity contribution is 0.725. The van der Waals surface area contributed by atoms with Gasteiger partial charge in [-0.25, -0.2) is 4.98 Å². The molecular formula is C16H23N3. The summed E-state index contributed by atoms with van der Waals surface area (Å²) in [5.74, 6) is 1.23. The standard InChI is InChI=1S/C16H23N3/c1-9-6-10(2)13(5)15(12(9)4)14-8-18-16(19-14)11(3)7-17/h6,8,11H,7,17H2,1-5H3,(H,18,19). The first-order chi connectivity index (χ1) is 8.95. The van der Waals surface area contributed by atoms with Crippen LogP contribution in [-0.4, -0.2) is 16.5 Å². The summed E-state index contributed by atoms with van der Waals surface area (Å²) in [6.07, 6.45) is 1.93. The van der Waals surface area contributed by atoms with E-state index in [1.165, 1.54) is 27.8 Å². The van der Waals surface area contributed by atoms with Crippen LogP contribution >= 0.6 is 0 Å². The molecule has 1 unspecified atom stereocenters. The summed E-state index contributed by atoms with van der Waals surface area (Å²) in [5.41, 5.74) is 13.4. The zero-order chi connectivity index (χ0) is 14.2. The van der Waals surface area contributed by atoms with E-state index in [1.54, 1.807) is 0 Å². The van der Waals surface area contributed by atoms with Crippen molar-refractivity contribution >= 4 is 0 Å². The van der Waals surface area contributed by atoms with Crippen LogP contribution in [0.1, 0.15) is 40.9 Å². The average molecular weight is 257 g/mol. The summed E-state index contributed by atoms with van der Waals surface area (Å²) in [6.45, 7) is 11.4. The largest absolute Gasteiger partial charge is 0.342 e. The minimum atomic E-state index is 0.264. The van der Waals surface area contributed by atoms with Crippen molar-refractivity contribution in [3.63, 3.8) is 0 Å². The van der Waals surface area contributed by atoms with Gasteiger partial charge < -0.3 is 10.7 Å². The highest BCUT2D eigenvalue weighted by Gasteiger charge is 2.14. The Balaban J connectivity index is 2.56. The molecular weight excluding hydrogens is 234 g/mol. The van der Waals surface area contributed by atoms with Gasteiger partial charge in [-0.1, -0.05) is 13.0 Å². The van der Waals surface area contributed by atoms with Crippen LogP contribution in [0, 0.1) is 27.7 Å². The second kappa shape index (κ2) is 5.17. The van der Waals surface area contributed by atoms with Gasteiger partial charge in [0.05, 0.1) is 11.9 Å². The van der Waals surface area contributed by atoms with E-state index in [2.05, 4.69) is 50.7 Å². The molecule has 2 aromatic rings. The molecule has 0 fully saturated rings. The third-order valence-electron chi connectivity index (χ3n) is 4.05. The van der Waals surface area contributed by atoms with Gasteiger partial charge in [0.15, 0.2) is 0 Å². The minimum absolute atomic E-state index is 0.264. The maximum absolute atomic E-state index is 5.70. The van der Waals surface area contributed by atoms with Gasteiger partial charge in [0.1, 0.15) is 5.82 Å². The maximum atomic E-state index is 5.70. The Morgan fingerprint density at radius 2 is 1.74 bits per heavy atom. The Kier molecular flexibility index (Phi) is 3.76. The maximum Gasteiger partial charge on any atom is 0.110 e. The zero-order valence-electron chi connectivity index (χ0n) is 12.5. The van der Waals surface area contributed by atoms with Gasteiger partial charge in [0.2, 0.25) is 0 Å². The third-order valence-corrected chi connectivity index (χ3v) is 4.05. The van der Waals surface area contributed by atoms with Gasteiger partial charge in [-0.05, 0) is 49.9 Å². The Morgan fingerprint density at radius 3 is 2.26 bits per heavy atom. The molecule has 3 heteroatoms. The number of imidazole rings is 1. The van der Waals surface area contributed by atoms with Crippen LogP contribution in [0.2, 0.25) is 0 Å². The van der Waals surface area contributed by atoms with Crippen LogP contribution in [0.3, 0.4) is 0 Å². The van der Waals surface area contributed by atoms with Gasteiger partial charge in [0.25, 0.3) is 0 Å². The van der Waals surface area contributed by atoms with Crippen molar-refractivity contribution in [3.8, 4) is 11.3 Å². The number of nitrogens with two attached hydrogens (primary N) is 1. The summed E-state index contributed by atoms with van der Waals surface area (Å²) in [7, 11) is 0. The molecule has 102 valence electrons. The lowest BCUT2D eigenvalue weighted by atomic mass is 9.93. The van der Waals surface area contributed by atoms with Gasteiger partial charge >= 0.3 is 0 Å². The fourth-order valence-electron chi connectivity index (χ4n) is 2.45. The number of hydrogen-bond acceptors (Lipinski definition) is 2. The van der Waals surface area contributed by atoms with Crippen molar-refractivity contribution in [3.05, 3.63) is 40.3 Å². The molecule has 19 heavy (non-hydrogen) atoms. The van der Waals surface area contributed by atoms with Crippen molar-refractivity contribution in [1.82, 2.24) is 9.97 Å². The van der Waals surface area contributed by atoms with Gasteiger partial charge in [0, 0.05) is 18.0 Å². The van der Waals surface area contributed by atoms with Gasteiger partial charge in [-0.2, -0.15) is 0 Å². The van der Waals surface area contributed by atoms with Crippen LogP contribution < -0.4 is 5.73 Å². The molecule has 2 rings (SSSR count). The molecule has 0 amide bonds. The highest BCUT2D eigenvalue weighted by atomic mass is 14.9. The number of nitrogens with zero attached hydrogens (tertiary/aromatic N) is 1. The summed E-state index contributed by atoms with van der Waals surface area (Å²) >= 11 is 0. The molecule has 1 atom stereocenters. The highest BCUT2D eigenvalue weighted by Crippen LogP contribution is 2.31. The first kappa shape index (κ1) is 13.8. The predicted octanol–water partition coefficient (Wildman–Crippen LogP) is 3.37. The molecule has 1 aromatic heterocycles. The van der Waals surface area contributed by atoms with E-state index in [9.17, 15) is 0 Å². The lowest BCUT2D eigenvalue weighted by Gasteiger charge is -2.14. The molecule has 3 nitrogen and oxygen atoms in total. The van der Waals surface area contributed by atoms with Crippen LogP contribution in [0.25, 0.3) is 11.3 Å². The molecule has 0 saturated carbocycles. The molecule has 0 bridgehead atoms. The number of aromatic amines is 1. The van der Waals surface area contributed by atoms with Crippen molar-refractivity contribution in [2.24, 2.45) is 5.73 Å². The molecule has 1 heterocycles. The summed E-state index contributed by atoms with van der Waals surface area (Å²) in [5, 5.41) is 0. The third kappa shape index (κ3) is 2.43. The number of H-pyrrole nitrogens is 1. The highest BCUT2D eigenvalue weighted by molar-refractivity contribution is 5.70. The predicted molar refractivity (Wildman–Crippen MR) is 80.4 cm³/mol. The van der Waals surface area contributed by atoms with Crippen molar-refractivity contribution < 1.29 is 0 Å². The average Bonchev–Trinajstić information content (AvgIpc) is 2.85. The second-order valence-electron chi connectivity index (χ2n) is 5.45. The number of aryl methyl sites for hydroxylation is 2. The van der Waals surface area contributed by atoms with Crippen LogP contribution in [0.15, 0.2) is 12.3 Å². The molecule has 1 aromatic carbocycles. The molecule has 0 aliphatic rings.